The lowest BCUT2D eigenvalue weighted by Gasteiger charge is -2.24. The van der Waals surface area contributed by atoms with Crippen LogP contribution in [-0.4, -0.2) is 37.3 Å². The molecule has 1 unspecified atom stereocenters. The van der Waals surface area contributed by atoms with Crippen molar-refractivity contribution in [3.05, 3.63) is 66.2 Å². The monoisotopic (exact) mass is 354 g/mol. The minimum atomic E-state index is -1.24. The molecule has 0 aromatic heterocycles. The Morgan fingerprint density at radius 2 is 1.96 bits per heavy atom. The zero-order valence-corrected chi connectivity index (χ0v) is 14.8. The number of hydrogen-bond acceptors (Lipinski definition) is 3. The van der Waals surface area contributed by atoms with Crippen LogP contribution in [0.4, 0.5) is 10.5 Å². The van der Waals surface area contributed by atoms with E-state index in [2.05, 4.69) is 11.9 Å². The standard InChI is InChI=1S/C20H22N2O4/c1-4-14-6-5-7-15(12-14)13-18(21-20(24)25)19(23)22(2)16-8-10-17(26-3)11-9-16/h4-12,18,21H,1,13H2,2-3H3,(H,24,25). The number of anilines is 1. The summed E-state index contributed by atoms with van der Waals surface area (Å²) in [6.45, 7) is 3.72. The van der Waals surface area contributed by atoms with Crippen molar-refractivity contribution in [2.24, 2.45) is 0 Å². The summed E-state index contributed by atoms with van der Waals surface area (Å²) in [6, 6.07) is 13.5. The maximum atomic E-state index is 12.8. The molecule has 2 rings (SSSR count). The highest BCUT2D eigenvalue weighted by molar-refractivity contribution is 5.98. The molecule has 0 fully saturated rings. The quantitative estimate of drug-likeness (QED) is 0.800. The number of amides is 2. The Bertz CT molecular complexity index is 787. The summed E-state index contributed by atoms with van der Waals surface area (Å²) in [5, 5.41) is 11.4. The number of likely N-dealkylation sites (N-methyl/N-ethyl adjacent to an activating group) is 1. The molecular weight excluding hydrogens is 332 g/mol. The van der Waals surface area contributed by atoms with Gasteiger partial charge in [0.15, 0.2) is 0 Å². The van der Waals surface area contributed by atoms with E-state index in [9.17, 15) is 9.59 Å². The van der Waals surface area contributed by atoms with Gasteiger partial charge in [0, 0.05) is 19.2 Å². The van der Waals surface area contributed by atoms with E-state index in [1.807, 2.05) is 24.3 Å². The van der Waals surface area contributed by atoms with E-state index >= 15 is 0 Å². The second-order valence-electron chi connectivity index (χ2n) is 5.75. The van der Waals surface area contributed by atoms with Gasteiger partial charge in [-0.3, -0.25) is 4.79 Å². The van der Waals surface area contributed by atoms with Crippen LogP contribution in [0.25, 0.3) is 6.08 Å². The summed E-state index contributed by atoms with van der Waals surface area (Å²) < 4.78 is 5.11. The maximum Gasteiger partial charge on any atom is 0.405 e. The number of benzene rings is 2. The predicted molar refractivity (Wildman–Crippen MR) is 102 cm³/mol. The molecule has 6 heteroatoms. The summed E-state index contributed by atoms with van der Waals surface area (Å²) >= 11 is 0. The fourth-order valence-electron chi connectivity index (χ4n) is 2.60. The first-order chi connectivity index (χ1) is 12.4. The summed E-state index contributed by atoms with van der Waals surface area (Å²) in [5.41, 5.74) is 2.40. The van der Waals surface area contributed by atoms with Crippen LogP contribution in [0, 0.1) is 0 Å². The summed E-state index contributed by atoms with van der Waals surface area (Å²) in [4.78, 5) is 25.4. The number of carbonyl (C=O) groups excluding carboxylic acids is 1. The molecule has 0 saturated heterocycles. The number of nitrogens with zero attached hydrogens (tertiary/aromatic N) is 1. The molecule has 0 bridgehead atoms. The molecule has 2 N–H and O–H groups in total. The van der Waals surface area contributed by atoms with Crippen LogP contribution >= 0.6 is 0 Å². The predicted octanol–water partition coefficient (Wildman–Crippen LogP) is 3.18. The Labute approximate surface area is 152 Å². The Morgan fingerprint density at radius 3 is 2.54 bits per heavy atom. The third-order valence-electron chi connectivity index (χ3n) is 4.01. The molecule has 26 heavy (non-hydrogen) atoms. The number of methoxy groups -OCH3 is 1. The van der Waals surface area contributed by atoms with Gasteiger partial charge in [-0.2, -0.15) is 0 Å². The Balaban J connectivity index is 2.21. The number of carboxylic acid groups (broad SMARTS) is 1. The van der Waals surface area contributed by atoms with Crippen molar-refractivity contribution in [2.45, 2.75) is 12.5 Å². The number of rotatable bonds is 7. The van der Waals surface area contributed by atoms with Gasteiger partial charge in [0.1, 0.15) is 11.8 Å². The SMILES string of the molecule is C=Cc1cccc(CC(NC(=O)O)C(=O)N(C)c2ccc(OC)cc2)c1. The van der Waals surface area contributed by atoms with Crippen molar-refractivity contribution in [1.82, 2.24) is 5.32 Å². The number of nitrogens with one attached hydrogen (secondary N) is 1. The van der Waals surface area contributed by atoms with Gasteiger partial charge >= 0.3 is 6.09 Å². The van der Waals surface area contributed by atoms with Crippen LogP contribution in [0.15, 0.2) is 55.1 Å². The van der Waals surface area contributed by atoms with Crippen molar-refractivity contribution >= 4 is 23.8 Å². The van der Waals surface area contributed by atoms with Gasteiger partial charge < -0.3 is 20.1 Å². The number of carbonyl (C=O) groups is 2. The van der Waals surface area contributed by atoms with E-state index in [4.69, 9.17) is 9.84 Å². The average Bonchev–Trinajstić information content (AvgIpc) is 2.66. The van der Waals surface area contributed by atoms with Crippen LogP contribution in [-0.2, 0) is 11.2 Å². The van der Waals surface area contributed by atoms with Crippen molar-refractivity contribution in [2.75, 3.05) is 19.1 Å². The van der Waals surface area contributed by atoms with Gasteiger partial charge in [0.2, 0.25) is 5.91 Å². The van der Waals surface area contributed by atoms with Crippen LogP contribution in [0.3, 0.4) is 0 Å². The van der Waals surface area contributed by atoms with E-state index in [1.165, 1.54) is 4.90 Å². The minimum absolute atomic E-state index is 0.243. The second-order valence-corrected chi connectivity index (χ2v) is 5.75. The van der Waals surface area contributed by atoms with E-state index in [0.29, 0.717) is 11.4 Å². The van der Waals surface area contributed by atoms with E-state index in [0.717, 1.165) is 11.1 Å². The Hall–Kier alpha value is -3.28. The number of ether oxygens (including phenoxy) is 1. The lowest BCUT2D eigenvalue weighted by molar-refractivity contribution is -0.120. The van der Waals surface area contributed by atoms with E-state index < -0.39 is 12.1 Å². The lowest BCUT2D eigenvalue weighted by atomic mass is 10.0. The zero-order chi connectivity index (χ0) is 19.1. The minimum Gasteiger partial charge on any atom is -0.497 e. The van der Waals surface area contributed by atoms with Crippen molar-refractivity contribution in [3.8, 4) is 5.75 Å². The van der Waals surface area contributed by atoms with Gasteiger partial charge in [0.05, 0.1) is 7.11 Å². The molecule has 0 saturated carbocycles. The van der Waals surface area contributed by atoms with Gasteiger partial charge in [-0.15, -0.1) is 0 Å². The topological polar surface area (TPSA) is 78.9 Å². The highest BCUT2D eigenvalue weighted by Gasteiger charge is 2.25. The summed E-state index contributed by atoms with van der Waals surface area (Å²) in [7, 11) is 3.18. The summed E-state index contributed by atoms with van der Waals surface area (Å²) in [5.74, 6) is 0.331. The van der Waals surface area contributed by atoms with Crippen LogP contribution in [0.1, 0.15) is 11.1 Å². The third kappa shape index (κ3) is 4.86. The Morgan fingerprint density at radius 1 is 1.27 bits per heavy atom. The van der Waals surface area contributed by atoms with Gasteiger partial charge in [-0.25, -0.2) is 4.79 Å². The molecule has 0 aliphatic rings. The molecule has 0 heterocycles. The normalized spacial score (nSPS) is 11.3. The maximum absolute atomic E-state index is 12.8. The first-order valence-corrected chi connectivity index (χ1v) is 8.07. The summed E-state index contributed by atoms with van der Waals surface area (Å²) in [6.07, 6.45) is 0.702. The zero-order valence-electron chi connectivity index (χ0n) is 14.8. The van der Waals surface area contributed by atoms with Gasteiger partial charge in [0.25, 0.3) is 0 Å². The smallest absolute Gasteiger partial charge is 0.405 e. The van der Waals surface area contributed by atoms with E-state index in [1.54, 1.807) is 44.5 Å². The second kappa shape index (κ2) is 8.71. The molecule has 2 amide bonds. The fraction of sp³-hybridized carbons (Fsp3) is 0.200. The average molecular weight is 354 g/mol. The van der Waals surface area contributed by atoms with Crippen LogP contribution in [0.5, 0.6) is 5.75 Å². The van der Waals surface area contributed by atoms with E-state index in [-0.39, 0.29) is 12.3 Å². The molecule has 1 atom stereocenters. The molecule has 0 spiro atoms. The molecule has 2 aromatic rings. The largest absolute Gasteiger partial charge is 0.497 e. The van der Waals surface area contributed by atoms with Crippen LogP contribution in [0.2, 0.25) is 0 Å². The first-order valence-electron chi connectivity index (χ1n) is 8.07. The molecule has 136 valence electrons. The third-order valence-corrected chi connectivity index (χ3v) is 4.01. The molecular formula is C20H22N2O4. The van der Waals surface area contributed by atoms with Crippen LogP contribution < -0.4 is 15.0 Å². The highest BCUT2D eigenvalue weighted by atomic mass is 16.5. The van der Waals surface area contributed by atoms with Crippen molar-refractivity contribution in [1.29, 1.82) is 0 Å². The van der Waals surface area contributed by atoms with Crippen molar-refractivity contribution < 1.29 is 19.4 Å². The first kappa shape index (κ1) is 19.1. The van der Waals surface area contributed by atoms with Gasteiger partial charge in [-0.1, -0.05) is 36.9 Å². The molecule has 2 aromatic carbocycles. The highest BCUT2D eigenvalue weighted by Crippen LogP contribution is 2.19. The molecule has 0 aliphatic carbocycles. The Kier molecular flexibility index (Phi) is 6.38. The molecule has 0 radical (unpaired) electrons. The number of hydrogen-bond donors (Lipinski definition) is 2. The molecule has 0 aliphatic heterocycles. The molecule has 6 nitrogen and oxygen atoms in total. The fourth-order valence-corrected chi connectivity index (χ4v) is 2.60. The van der Waals surface area contributed by atoms with Crippen molar-refractivity contribution in [3.63, 3.8) is 0 Å². The van der Waals surface area contributed by atoms with Gasteiger partial charge in [-0.05, 0) is 35.4 Å². The lowest BCUT2D eigenvalue weighted by Crippen LogP contribution is -2.48.